The largest absolute Gasteiger partial charge is 0.390 e. The third-order valence-electron chi connectivity index (χ3n) is 5.73. The number of carbonyl (C=O) groups is 1. The summed E-state index contributed by atoms with van der Waals surface area (Å²) in [6.07, 6.45) is -0.335. The van der Waals surface area contributed by atoms with Crippen molar-refractivity contribution >= 4 is 16.7 Å². The molecule has 1 amide bonds. The van der Waals surface area contributed by atoms with E-state index < -0.39 is 24.3 Å². The number of hydrogen-bond donors (Lipinski definition) is 4. The molecule has 0 spiro atoms. The van der Waals surface area contributed by atoms with Gasteiger partial charge in [0.1, 0.15) is 6.10 Å². The number of rotatable bonds is 10. The molecule has 0 aliphatic heterocycles. The molecule has 0 aliphatic carbocycles. The van der Waals surface area contributed by atoms with Crippen LogP contribution < -0.4 is 11.1 Å². The Morgan fingerprint density at radius 3 is 2.38 bits per heavy atom. The number of hydrogen-bond acceptors (Lipinski definition) is 4. The summed E-state index contributed by atoms with van der Waals surface area (Å²) in [6.45, 7) is 7.92. The maximum absolute atomic E-state index is 12.7. The van der Waals surface area contributed by atoms with Crippen molar-refractivity contribution < 1.29 is 15.0 Å². The van der Waals surface area contributed by atoms with Crippen LogP contribution in [0.15, 0.2) is 42.5 Å². The van der Waals surface area contributed by atoms with Crippen LogP contribution >= 0.6 is 0 Å². The molecule has 0 saturated carbocycles. The zero-order valence-electron chi connectivity index (χ0n) is 18.0. The van der Waals surface area contributed by atoms with E-state index in [-0.39, 0.29) is 17.7 Å². The fourth-order valence-corrected chi connectivity index (χ4v) is 3.65. The Kier molecular flexibility index (Phi) is 8.62. The number of nitrogens with two attached hydrogens (primary N) is 1. The van der Waals surface area contributed by atoms with E-state index in [2.05, 4.69) is 5.32 Å². The van der Waals surface area contributed by atoms with Gasteiger partial charge in [-0.05, 0) is 41.0 Å². The summed E-state index contributed by atoms with van der Waals surface area (Å²) in [5.74, 6) is -0.0257. The van der Waals surface area contributed by atoms with Gasteiger partial charge in [-0.3, -0.25) is 4.79 Å². The van der Waals surface area contributed by atoms with Gasteiger partial charge >= 0.3 is 0 Å². The molecule has 1 unspecified atom stereocenters. The average Bonchev–Trinajstić information content (AvgIpc) is 2.71. The van der Waals surface area contributed by atoms with Crippen LogP contribution in [0.1, 0.15) is 46.1 Å². The van der Waals surface area contributed by atoms with Crippen molar-refractivity contribution in [1.29, 1.82) is 0 Å². The third kappa shape index (κ3) is 6.26. The maximum Gasteiger partial charge on any atom is 0.237 e. The molecule has 0 aliphatic rings. The van der Waals surface area contributed by atoms with E-state index in [0.717, 1.165) is 22.8 Å². The molecule has 5 heteroatoms. The van der Waals surface area contributed by atoms with Crippen molar-refractivity contribution in [3.8, 4) is 0 Å². The van der Waals surface area contributed by atoms with E-state index in [9.17, 15) is 15.0 Å². The summed E-state index contributed by atoms with van der Waals surface area (Å²) in [7, 11) is 0. The standard InChI is InChI=1S/C24H36N2O3/c1-5-16(4)22(25)24(29)26-20(23(28)21(27)13-15(2)3)14-18-11-8-10-17-9-6-7-12-19(17)18/h6-12,15-16,20-23,27-28H,5,13-14,25H2,1-4H3,(H,26,29)/t16?,20-,21-,22-,23+/m0/s1. The highest BCUT2D eigenvalue weighted by atomic mass is 16.3. The molecule has 0 radical (unpaired) electrons. The van der Waals surface area contributed by atoms with Crippen LogP contribution in [0.3, 0.4) is 0 Å². The van der Waals surface area contributed by atoms with Gasteiger partial charge in [-0.15, -0.1) is 0 Å². The molecule has 0 aromatic heterocycles. The normalized spacial score (nSPS) is 17.0. The second-order valence-electron chi connectivity index (χ2n) is 8.56. The minimum atomic E-state index is -1.08. The Bertz CT molecular complexity index is 787. The Balaban J connectivity index is 2.29. The predicted molar refractivity (Wildman–Crippen MR) is 118 cm³/mol. The van der Waals surface area contributed by atoms with E-state index in [0.29, 0.717) is 12.8 Å². The zero-order chi connectivity index (χ0) is 21.6. The van der Waals surface area contributed by atoms with E-state index in [4.69, 9.17) is 5.73 Å². The smallest absolute Gasteiger partial charge is 0.237 e. The molecule has 2 aromatic rings. The number of fused-ring (bicyclic) bond motifs is 1. The summed E-state index contributed by atoms with van der Waals surface area (Å²) in [5.41, 5.74) is 7.12. The highest BCUT2D eigenvalue weighted by Crippen LogP contribution is 2.22. The van der Waals surface area contributed by atoms with Crippen molar-refractivity contribution in [2.45, 2.75) is 71.2 Å². The molecule has 5 atom stereocenters. The quantitative estimate of drug-likeness (QED) is 0.493. The van der Waals surface area contributed by atoms with Crippen molar-refractivity contribution in [2.75, 3.05) is 0 Å². The molecule has 2 rings (SSSR count). The molecule has 29 heavy (non-hydrogen) atoms. The number of aliphatic hydroxyl groups is 2. The molecule has 2 aromatic carbocycles. The Morgan fingerprint density at radius 1 is 1.07 bits per heavy atom. The summed E-state index contributed by atoms with van der Waals surface area (Å²) >= 11 is 0. The lowest BCUT2D eigenvalue weighted by molar-refractivity contribution is -0.125. The van der Waals surface area contributed by atoms with Gasteiger partial charge in [0.25, 0.3) is 0 Å². The first kappa shape index (κ1) is 23.3. The minimum absolute atomic E-state index is 0.0333. The molecule has 0 heterocycles. The van der Waals surface area contributed by atoms with E-state index >= 15 is 0 Å². The SMILES string of the molecule is CCC(C)[C@H](N)C(=O)N[C@@H](Cc1cccc2ccccc12)[C@@H](O)[C@@H](O)CC(C)C. The molecule has 5 nitrogen and oxygen atoms in total. The lowest BCUT2D eigenvalue weighted by atomic mass is 9.90. The van der Waals surface area contributed by atoms with Crippen molar-refractivity contribution in [3.05, 3.63) is 48.0 Å². The lowest BCUT2D eigenvalue weighted by Gasteiger charge is -2.30. The summed E-state index contributed by atoms with van der Waals surface area (Å²) in [4.78, 5) is 12.7. The van der Waals surface area contributed by atoms with Crippen molar-refractivity contribution in [3.63, 3.8) is 0 Å². The fraction of sp³-hybridized carbons (Fsp3) is 0.542. The summed E-state index contributed by atoms with van der Waals surface area (Å²) in [5, 5.41) is 26.5. The Labute approximate surface area is 174 Å². The second kappa shape index (κ2) is 10.7. The molecule has 0 bridgehead atoms. The van der Waals surface area contributed by atoms with E-state index in [1.807, 2.05) is 70.2 Å². The number of carbonyl (C=O) groups excluding carboxylic acids is 1. The van der Waals surface area contributed by atoms with E-state index in [1.165, 1.54) is 0 Å². The van der Waals surface area contributed by atoms with Gasteiger partial charge in [0.05, 0.1) is 18.2 Å². The van der Waals surface area contributed by atoms with E-state index in [1.54, 1.807) is 0 Å². The topological polar surface area (TPSA) is 95.6 Å². The highest BCUT2D eigenvalue weighted by molar-refractivity contribution is 5.86. The van der Waals surface area contributed by atoms with Crippen molar-refractivity contribution in [2.24, 2.45) is 17.6 Å². The summed E-state index contributed by atoms with van der Waals surface area (Å²) < 4.78 is 0. The molecule has 0 fully saturated rings. The first-order chi connectivity index (χ1) is 13.7. The maximum atomic E-state index is 12.7. The highest BCUT2D eigenvalue weighted by Gasteiger charge is 2.31. The Morgan fingerprint density at radius 2 is 1.72 bits per heavy atom. The van der Waals surface area contributed by atoms with Gasteiger partial charge in [0.2, 0.25) is 5.91 Å². The first-order valence-corrected chi connectivity index (χ1v) is 10.6. The van der Waals surface area contributed by atoms with Crippen molar-refractivity contribution in [1.82, 2.24) is 5.32 Å². The number of aliphatic hydroxyl groups excluding tert-OH is 2. The van der Waals surface area contributed by atoms with Crippen LogP contribution in [0.5, 0.6) is 0 Å². The molecular weight excluding hydrogens is 364 g/mol. The zero-order valence-corrected chi connectivity index (χ0v) is 18.0. The van der Waals surface area contributed by atoms with Crippen LogP contribution in [-0.2, 0) is 11.2 Å². The predicted octanol–water partition coefficient (Wildman–Crippen LogP) is 3.01. The molecule has 5 N–H and O–H groups in total. The lowest BCUT2D eigenvalue weighted by Crippen LogP contribution is -2.55. The minimum Gasteiger partial charge on any atom is -0.390 e. The van der Waals surface area contributed by atoms with Gasteiger partial charge in [-0.25, -0.2) is 0 Å². The van der Waals surface area contributed by atoms with Gasteiger partial charge in [0, 0.05) is 0 Å². The third-order valence-corrected chi connectivity index (χ3v) is 5.73. The average molecular weight is 401 g/mol. The van der Waals surface area contributed by atoms with Crippen LogP contribution in [0.2, 0.25) is 0 Å². The Hall–Kier alpha value is -1.95. The number of benzene rings is 2. The van der Waals surface area contributed by atoms with Crippen LogP contribution in [0.25, 0.3) is 10.8 Å². The van der Waals surface area contributed by atoms with Gasteiger partial charge in [-0.2, -0.15) is 0 Å². The molecule has 160 valence electrons. The van der Waals surface area contributed by atoms with Crippen LogP contribution in [0.4, 0.5) is 0 Å². The fourth-order valence-electron chi connectivity index (χ4n) is 3.65. The van der Waals surface area contributed by atoms with Gasteiger partial charge in [-0.1, -0.05) is 76.6 Å². The monoisotopic (exact) mass is 400 g/mol. The van der Waals surface area contributed by atoms with Gasteiger partial charge in [0.15, 0.2) is 0 Å². The van der Waals surface area contributed by atoms with Crippen LogP contribution in [-0.4, -0.2) is 40.4 Å². The number of nitrogens with one attached hydrogen (secondary N) is 1. The molecular formula is C24H36N2O3. The van der Waals surface area contributed by atoms with Crippen LogP contribution in [0, 0.1) is 11.8 Å². The summed E-state index contributed by atoms with van der Waals surface area (Å²) in [6, 6.07) is 12.8. The molecule has 0 saturated heterocycles. The first-order valence-electron chi connectivity index (χ1n) is 10.6. The van der Waals surface area contributed by atoms with Gasteiger partial charge < -0.3 is 21.3 Å². The second-order valence-corrected chi connectivity index (χ2v) is 8.56. The number of amides is 1.